The van der Waals surface area contributed by atoms with Crippen molar-refractivity contribution in [3.05, 3.63) is 29.3 Å². The third-order valence-electron chi connectivity index (χ3n) is 1.48. The number of hydrogen-bond donors (Lipinski definition) is 0. The lowest BCUT2D eigenvalue weighted by atomic mass is 9.93. The number of benzene rings is 1. The highest BCUT2D eigenvalue weighted by Gasteiger charge is 2.07. The molecule has 0 saturated heterocycles. The summed E-state index contributed by atoms with van der Waals surface area (Å²) in [5, 5.41) is 0. The Labute approximate surface area is 63.4 Å². The van der Waals surface area contributed by atoms with E-state index in [4.69, 9.17) is 0 Å². The zero-order chi connectivity index (χ0) is 8.43. The third-order valence-corrected chi connectivity index (χ3v) is 1.48. The normalized spacial score (nSPS) is 9.64. The first-order valence-corrected chi connectivity index (χ1v) is 3.06. The second-order valence-electron chi connectivity index (χ2n) is 2.19. The molecule has 0 aliphatic rings. The Morgan fingerprint density at radius 2 is 2.00 bits per heavy atom. The third kappa shape index (κ3) is 1.29. The van der Waals surface area contributed by atoms with Gasteiger partial charge in [-0.15, -0.1) is 0 Å². The van der Waals surface area contributed by atoms with Crippen LogP contribution >= 0.6 is 0 Å². The summed E-state index contributed by atoms with van der Waals surface area (Å²) in [5.74, 6) is -1.41. The molecule has 4 heteroatoms. The topological polar surface area (TPSA) is 17.1 Å². The molecule has 1 nitrogen and oxygen atoms in total. The zero-order valence-electron chi connectivity index (χ0n) is 5.90. The van der Waals surface area contributed by atoms with Crippen molar-refractivity contribution in [2.75, 3.05) is 0 Å². The summed E-state index contributed by atoms with van der Waals surface area (Å²) in [6, 6.07) is 2.19. The second-order valence-corrected chi connectivity index (χ2v) is 2.19. The van der Waals surface area contributed by atoms with Crippen LogP contribution in [0.4, 0.5) is 8.78 Å². The van der Waals surface area contributed by atoms with Gasteiger partial charge in [0.1, 0.15) is 19.5 Å². The standard InChI is InChI=1S/C7H5BF2O/c8-6-5(9)2-1-4(3-11)7(6)10/h1-3H,8H2. The molecule has 1 rings (SSSR count). The van der Waals surface area contributed by atoms with E-state index < -0.39 is 11.6 Å². The fraction of sp³-hybridized carbons (Fsp3) is 0. The summed E-state index contributed by atoms with van der Waals surface area (Å²) >= 11 is 0. The molecule has 0 amide bonds. The molecule has 0 aliphatic heterocycles. The SMILES string of the molecule is Bc1c(F)ccc(C=O)c1F. The predicted molar refractivity (Wildman–Crippen MR) is 39.9 cm³/mol. The minimum Gasteiger partial charge on any atom is -0.298 e. The molecule has 56 valence electrons. The second kappa shape index (κ2) is 2.82. The van der Waals surface area contributed by atoms with Gasteiger partial charge in [0.25, 0.3) is 0 Å². The van der Waals surface area contributed by atoms with Gasteiger partial charge in [-0.3, -0.25) is 4.79 Å². The van der Waals surface area contributed by atoms with Crippen molar-refractivity contribution in [1.29, 1.82) is 0 Å². The Hall–Kier alpha value is -1.19. The summed E-state index contributed by atoms with van der Waals surface area (Å²) < 4.78 is 25.3. The lowest BCUT2D eigenvalue weighted by Gasteiger charge is -1.99. The van der Waals surface area contributed by atoms with Crippen molar-refractivity contribution in [2.24, 2.45) is 0 Å². The van der Waals surface area contributed by atoms with E-state index in [0.717, 1.165) is 12.1 Å². The summed E-state index contributed by atoms with van der Waals surface area (Å²) in [6.45, 7) is 0. The van der Waals surface area contributed by atoms with Crippen molar-refractivity contribution < 1.29 is 13.6 Å². The minimum absolute atomic E-state index is 0.107. The van der Waals surface area contributed by atoms with Gasteiger partial charge in [0.15, 0.2) is 6.29 Å². The van der Waals surface area contributed by atoms with E-state index in [2.05, 4.69) is 0 Å². The van der Waals surface area contributed by atoms with Crippen LogP contribution in [0.1, 0.15) is 10.4 Å². The molecule has 0 N–H and O–H groups in total. The van der Waals surface area contributed by atoms with Crippen molar-refractivity contribution in [1.82, 2.24) is 0 Å². The highest BCUT2D eigenvalue weighted by Crippen LogP contribution is 2.03. The van der Waals surface area contributed by atoms with Gasteiger partial charge >= 0.3 is 0 Å². The van der Waals surface area contributed by atoms with E-state index in [1.807, 2.05) is 0 Å². The largest absolute Gasteiger partial charge is 0.298 e. The highest BCUT2D eigenvalue weighted by atomic mass is 19.1. The Kier molecular flexibility index (Phi) is 2.03. The summed E-state index contributed by atoms with van der Waals surface area (Å²) in [4.78, 5) is 10.1. The van der Waals surface area contributed by atoms with Gasteiger partial charge in [0, 0.05) is 5.56 Å². The molecule has 0 spiro atoms. The Bertz CT molecular complexity index is 299. The number of rotatable bonds is 1. The average Bonchev–Trinajstić information content (AvgIpc) is 2.01. The van der Waals surface area contributed by atoms with Crippen molar-refractivity contribution in [3.63, 3.8) is 0 Å². The highest BCUT2D eigenvalue weighted by molar-refractivity contribution is 6.33. The first-order chi connectivity index (χ1) is 5.16. The van der Waals surface area contributed by atoms with E-state index in [0.29, 0.717) is 6.29 Å². The van der Waals surface area contributed by atoms with Gasteiger partial charge < -0.3 is 0 Å². The molecule has 0 heterocycles. The van der Waals surface area contributed by atoms with Crippen LogP contribution in [0.2, 0.25) is 0 Å². The summed E-state index contributed by atoms with van der Waals surface area (Å²) in [6.07, 6.45) is 0.363. The molecule has 0 fully saturated rings. The van der Waals surface area contributed by atoms with E-state index in [1.54, 1.807) is 0 Å². The lowest BCUT2D eigenvalue weighted by molar-refractivity contribution is 0.112. The molecular weight excluding hydrogens is 149 g/mol. The quantitative estimate of drug-likeness (QED) is 0.412. The maximum Gasteiger partial charge on any atom is 0.152 e. The molecule has 0 atom stereocenters. The van der Waals surface area contributed by atoms with Crippen LogP contribution in [0.5, 0.6) is 0 Å². The maximum atomic E-state index is 12.8. The molecule has 0 bridgehead atoms. The van der Waals surface area contributed by atoms with Crippen LogP contribution in [0.25, 0.3) is 0 Å². The summed E-state index contributed by atoms with van der Waals surface area (Å²) in [5.41, 5.74) is -0.224. The van der Waals surface area contributed by atoms with Gasteiger partial charge in [-0.2, -0.15) is 0 Å². The van der Waals surface area contributed by atoms with Gasteiger partial charge in [0.2, 0.25) is 0 Å². The van der Waals surface area contributed by atoms with E-state index >= 15 is 0 Å². The molecule has 0 saturated carbocycles. The van der Waals surface area contributed by atoms with Crippen molar-refractivity contribution in [2.45, 2.75) is 0 Å². The zero-order valence-corrected chi connectivity index (χ0v) is 5.90. The molecule has 1 aromatic rings. The van der Waals surface area contributed by atoms with Gasteiger partial charge in [0.05, 0.1) is 0 Å². The summed E-state index contributed by atoms with van der Waals surface area (Å²) in [7, 11) is 1.29. The first-order valence-electron chi connectivity index (χ1n) is 3.06. The fourth-order valence-electron chi connectivity index (χ4n) is 0.773. The van der Waals surface area contributed by atoms with Crippen LogP contribution in [0.3, 0.4) is 0 Å². The number of carbonyl (C=O) groups is 1. The minimum atomic E-state index is -0.778. The van der Waals surface area contributed by atoms with Crippen LogP contribution in [0, 0.1) is 11.6 Å². The molecule has 1 aromatic carbocycles. The molecule has 0 aliphatic carbocycles. The fourth-order valence-corrected chi connectivity index (χ4v) is 0.773. The number of hydrogen-bond acceptors (Lipinski definition) is 1. The average molecular weight is 154 g/mol. The van der Waals surface area contributed by atoms with Crippen LogP contribution < -0.4 is 5.46 Å². The van der Waals surface area contributed by atoms with Gasteiger partial charge in [-0.05, 0) is 17.6 Å². The van der Waals surface area contributed by atoms with Crippen LogP contribution in [-0.4, -0.2) is 14.1 Å². The predicted octanol–water partition coefficient (Wildman–Crippen LogP) is 0.0357. The van der Waals surface area contributed by atoms with Gasteiger partial charge in [-0.25, -0.2) is 8.78 Å². The smallest absolute Gasteiger partial charge is 0.152 e. The first kappa shape index (κ1) is 7.92. The Balaban J connectivity index is 3.36. The molecule has 0 unspecified atom stereocenters. The molecule has 0 aromatic heterocycles. The van der Waals surface area contributed by atoms with Crippen molar-refractivity contribution >= 4 is 19.6 Å². The Morgan fingerprint density at radius 3 is 2.55 bits per heavy atom. The lowest BCUT2D eigenvalue weighted by Crippen LogP contribution is -2.15. The van der Waals surface area contributed by atoms with E-state index in [1.165, 1.54) is 7.85 Å². The van der Waals surface area contributed by atoms with Crippen molar-refractivity contribution in [3.8, 4) is 0 Å². The number of carbonyl (C=O) groups excluding carboxylic acids is 1. The van der Waals surface area contributed by atoms with E-state index in [-0.39, 0.29) is 11.0 Å². The molecule has 0 radical (unpaired) electrons. The van der Waals surface area contributed by atoms with Gasteiger partial charge in [-0.1, -0.05) is 0 Å². The number of halogens is 2. The van der Waals surface area contributed by atoms with E-state index in [9.17, 15) is 13.6 Å². The maximum absolute atomic E-state index is 12.8. The van der Waals surface area contributed by atoms with Crippen LogP contribution in [0.15, 0.2) is 12.1 Å². The Morgan fingerprint density at radius 1 is 1.36 bits per heavy atom. The number of aldehydes is 1. The van der Waals surface area contributed by atoms with Crippen LogP contribution in [-0.2, 0) is 0 Å². The monoisotopic (exact) mass is 154 g/mol. The molecular formula is C7H5BF2O. The molecule has 11 heavy (non-hydrogen) atoms.